The lowest BCUT2D eigenvalue weighted by molar-refractivity contribution is -0.251. The van der Waals surface area contributed by atoms with Gasteiger partial charge in [0.25, 0.3) is 0 Å². The van der Waals surface area contributed by atoms with E-state index in [1.807, 2.05) is 0 Å². The van der Waals surface area contributed by atoms with Crippen LogP contribution in [0.15, 0.2) is 11.6 Å². The molecule has 6 atom stereocenters. The Morgan fingerprint density at radius 2 is 1.68 bits per heavy atom. The Balaban J connectivity index is 1.38. The zero-order chi connectivity index (χ0) is 21.5. The van der Waals surface area contributed by atoms with Crippen LogP contribution in [-0.2, 0) is 18.9 Å². The Hall–Kier alpha value is -0.355. The number of hydrogen-bond acceptors (Lipinski definition) is 4. The van der Waals surface area contributed by atoms with Crippen LogP contribution in [0.2, 0.25) is 20.0 Å². The Labute approximate surface area is 188 Å². The molecule has 31 heavy (non-hydrogen) atoms. The molecule has 0 aromatic carbocycles. The van der Waals surface area contributed by atoms with Crippen molar-refractivity contribution in [1.82, 2.24) is 0 Å². The van der Waals surface area contributed by atoms with Crippen molar-refractivity contribution >= 4 is 6.71 Å². The van der Waals surface area contributed by atoms with Crippen LogP contribution in [0.4, 0.5) is 0 Å². The van der Waals surface area contributed by atoms with Gasteiger partial charge in [-0.3, -0.25) is 0 Å². The minimum absolute atomic E-state index is 0.152. The van der Waals surface area contributed by atoms with Gasteiger partial charge in [-0.15, -0.1) is 0 Å². The molecule has 5 heteroatoms. The lowest BCUT2D eigenvalue weighted by atomic mass is 9.39. The number of rotatable bonds is 2. The average Bonchev–Trinajstić information content (AvgIpc) is 3.44. The summed E-state index contributed by atoms with van der Waals surface area (Å²) in [7, 11) is 0. The first kappa shape index (κ1) is 21.2. The maximum Gasteiger partial charge on any atom is 0.174 e. The van der Waals surface area contributed by atoms with Crippen molar-refractivity contribution in [1.29, 1.82) is 0 Å². The van der Waals surface area contributed by atoms with Crippen molar-refractivity contribution in [3.63, 3.8) is 0 Å². The van der Waals surface area contributed by atoms with Gasteiger partial charge in [-0.1, -0.05) is 45.5 Å². The molecule has 0 N–H and O–H groups in total. The molecule has 4 aliphatic carbocycles. The summed E-state index contributed by atoms with van der Waals surface area (Å²) in [5.74, 6) is 2.33. The molecule has 0 radical (unpaired) electrons. The van der Waals surface area contributed by atoms with Crippen LogP contribution < -0.4 is 0 Å². The zero-order valence-electron chi connectivity index (χ0n) is 20.1. The van der Waals surface area contributed by atoms with Crippen LogP contribution in [-0.4, -0.2) is 44.7 Å². The molecule has 2 heterocycles. The first-order valence-corrected chi connectivity index (χ1v) is 13.1. The minimum atomic E-state index is -0.322. The zero-order valence-corrected chi connectivity index (χ0v) is 20.1. The van der Waals surface area contributed by atoms with Gasteiger partial charge in [0.15, 0.2) is 11.6 Å². The third-order valence-corrected chi connectivity index (χ3v) is 10.6. The van der Waals surface area contributed by atoms with E-state index in [9.17, 15) is 0 Å². The molecule has 4 nitrogen and oxygen atoms in total. The van der Waals surface area contributed by atoms with E-state index in [0.717, 1.165) is 70.2 Å². The monoisotopic (exact) mass is 428 g/mol. The van der Waals surface area contributed by atoms with Gasteiger partial charge in [0.05, 0.1) is 26.4 Å². The Kier molecular flexibility index (Phi) is 4.84. The Morgan fingerprint density at radius 1 is 0.968 bits per heavy atom. The van der Waals surface area contributed by atoms with Gasteiger partial charge in [-0.25, -0.2) is 0 Å². The summed E-state index contributed by atoms with van der Waals surface area (Å²) in [6.45, 7) is 13.7. The molecule has 0 amide bonds. The molecule has 2 aliphatic heterocycles. The minimum Gasteiger partial charge on any atom is -0.347 e. The van der Waals surface area contributed by atoms with Crippen molar-refractivity contribution in [3.05, 3.63) is 11.6 Å². The van der Waals surface area contributed by atoms with Crippen molar-refractivity contribution < 1.29 is 18.9 Å². The smallest absolute Gasteiger partial charge is 0.174 e. The van der Waals surface area contributed by atoms with Gasteiger partial charge in [-0.2, -0.15) is 0 Å². The molecular formula is C26H41BO4. The molecule has 3 saturated carbocycles. The highest BCUT2D eigenvalue weighted by atomic mass is 16.7. The second-order valence-corrected chi connectivity index (χ2v) is 12.5. The standard InChI is InChI=1S/C26H41BO4/c1-23-9-10-25(28-11-12-29-25)16-19(23)5-6-20-21-7-8-26(30-13-14-31-26)24(21,2)15-18(22(20)23)17-27(3)4/h5,18,20-22H,6-17H2,1-4H3/t18-,20+,21+,22+,23+,24+/m1/s1. The SMILES string of the molecule is CB(C)C[C@H]1C[C@@]2(C)[C@@H](CCC23OCCO3)[C@@H]2CC=C3CC4(CC[C@]3(C)[C@@H]12)OCCO4. The first-order valence-electron chi connectivity index (χ1n) is 13.1. The highest BCUT2D eigenvalue weighted by Crippen LogP contribution is 2.71. The van der Waals surface area contributed by atoms with Gasteiger partial charge in [0.2, 0.25) is 0 Å². The lowest BCUT2D eigenvalue weighted by Crippen LogP contribution is -2.59. The van der Waals surface area contributed by atoms with E-state index in [2.05, 4.69) is 33.6 Å². The predicted octanol–water partition coefficient (Wildman–Crippen LogP) is 5.42. The number of ether oxygens (including phenoxy) is 4. The molecule has 0 unspecified atom stereocenters. The van der Waals surface area contributed by atoms with Gasteiger partial charge in [0.1, 0.15) is 6.71 Å². The first-order chi connectivity index (χ1) is 14.8. The van der Waals surface area contributed by atoms with Crippen LogP contribution >= 0.6 is 0 Å². The van der Waals surface area contributed by atoms with E-state index >= 15 is 0 Å². The highest BCUT2D eigenvalue weighted by molar-refractivity contribution is 6.55. The van der Waals surface area contributed by atoms with Gasteiger partial charge in [-0.05, 0) is 54.8 Å². The fourth-order valence-electron chi connectivity index (χ4n) is 9.46. The third kappa shape index (κ3) is 2.88. The summed E-state index contributed by atoms with van der Waals surface area (Å²) >= 11 is 0. The number of fused-ring (bicyclic) bond motifs is 6. The summed E-state index contributed by atoms with van der Waals surface area (Å²) < 4.78 is 25.2. The maximum absolute atomic E-state index is 6.43. The van der Waals surface area contributed by atoms with E-state index in [1.54, 1.807) is 5.57 Å². The van der Waals surface area contributed by atoms with Crippen molar-refractivity contribution in [2.24, 2.45) is 34.5 Å². The largest absolute Gasteiger partial charge is 0.347 e. The van der Waals surface area contributed by atoms with E-state index in [-0.39, 0.29) is 22.4 Å². The van der Waals surface area contributed by atoms with E-state index in [1.165, 1.54) is 32.0 Å². The normalized spacial score (nSPS) is 47.2. The number of hydrogen-bond donors (Lipinski definition) is 0. The lowest BCUT2D eigenvalue weighted by Gasteiger charge is -2.62. The predicted molar refractivity (Wildman–Crippen MR) is 122 cm³/mol. The van der Waals surface area contributed by atoms with Crippen molar-refractivity contribution in [3.8, 4) is 0 Å². The van der Waals surface area contributed by atoms with Gasteiger partial charge < -0.3 is 18.9 Å². The molecule has 2 spiro atoms. The molecular weight excluding hydrogens is 387 g/mol. The molecule has 172 valence electrons. The van der Waals surface area contributed by atoms with Crippen LogP contribution in [0, 0.1) is 34.5 Å². The third-order valence-electron chi connectivity index (χ3n) is 10.6. The molecule has 0 aromatic rings. The van der Waals surface area contributed by atoms with Crippen molar-refractivity contribution in [2.45, 2.75) is 90.3 Å². The second-order valence-electron chi connectivity index (χ2n) is 12.5. The maximum atomic E-state index is 6.43. The van der Waals surface area contributed by atoms with E-state index in [0.29, 0.717) is 5.92 Å². The molecule has 2 saturated heterocycles. The fourth-order valence-corrected chi connectivity index (χ4v) is 9.46. The summed E-state index contributed by atoms with van der Waals surface area (Å²) in [6, 6.07) is 0. The average molecular weight is 428 g/mol. The van der Waals surface area contributed by atoms with Gasteiger partial charge >= 0.3 is 0 Å². The summed E-state index contributed by atoms with van der Waals surface area (Å²) in [5, 5.41) is 0. The highest BCUT2D eigenvalue weighted by Gasteiger charge is 2.69. The summed E-state index contributed by atoms with van der Waals surface area (Å²) in [4.78, 5) is 0. The Morgan fingerprint density at radius 3 is 2.39 bits per heavy atom. The van der Waals surface area contributed by atoms with Crippen LogP contribution in [0.3, 0.4) is 0 Å². The molecule has 6 aliphatic rings. The topological polar surface area (TPSA) is 36.9 Å². The quantitative estimate of drug-likeness (QED) is 0.435. The molecule has 0 bridgehead atoms. The number of allylic oxidation sites excluding steroid dienone is 1. The summed E-state index contributed by atoms with van der Waals surface area (Å²) in [6.07, 6.45) is 12.0. The second kappa shape index (κ2) is 7.07. The van der Waals surface area contributed by atoms with Gasteiger partial charge in [0, 0.05) is 24.7 Å². The van der Waals surface area contributed by atoms with Crippen LogP contribution in [0.25, 0.3) is 0 Å². The Bertz CT molecular complexity index is 753. The van der Waals surface area contributed by atoms with Crippen LogP contribution in [0.1, 0.15) is 58.8 Å². The van der Waals surface area contributed by atoms with E-state index in [4.69, 9.17) is 18.9 Å². The molecule has 0 aromatic heterocycles. The van der Waals surface area contributed by atoms with Crippen molar-refractivity contribution in [2.75, 3.05) is 26.4 Å². The fraction of sp³-hybridized carbons (Fsp3) is 0.923. The summed E-state index contributed by atoms with van der Waals surface area (Å²) in [5.41, 5.74) is 2.08. The molecule has 5 fully saturated rings. The van der Waals surface area contributed by atoms with E-state index < -0.39 is 0 Å². The molecule has 6 rings (SSSR count). The van der Waals surface area contributed by atoms with Crippen LogP contribution in [0.5, 0.6) is 0 Å².